The smallest absolute Gasteiger partial charge is 0.300 e. The van der Waals surface area contributed by atoms with Gasteiger partial charge in [-0.15, -0.1) is 0 Å². The number of carboxylic acids is 1. The maximum atomic E-state index is 10.8. The summed E-state index contributed by atoms with van der Waals surface area (Å²) >= 11 is 0. The van der Waals surface area contributed by atoms with Crippen LogP contribution in [0.3, 0.4) is 0 Å². The SMILES string of the molecule is CC(=O)O.NC(=O)c1cc2ccccc2[nH]1. The summed E-state index contributed by atoms with van der Waals surface area (Å²) in [7, 11) is 0. The molecule has 1 heterocycles. The van der Waals surface area contributed by atoms with Crippen molar-refractivity contribution in [3.8, 4) is 0 Å². The van der Waals surface area contributed by atoms with Crippen LogP contribution in [0.2, 0.25) is 0 Å². The zero-order valence-electron chi connectivity index (χ0n) is 8.73. The third-order valence-corrected chi connectivity index (χ3v) is 1.80. The fourth-order valence-electron chi connectivity index (χ4n) is 1.21. The summed E-state index contributed by atoms with van der Waals surface area (Å²) in [6.07, 6.45) is 0. The molecule has 2 aromatic rings. The number of hydrogen-bond donors (Lipinski definition) is 3. The van der Waals surface area contributed by atoms with Crippen LogP contribution in [0.5, 0.6) is 0 Å². The number of para-hydroxylation sites is 1. The lowest BCUT2D eigenvalue weighted by molar-refractivity contribution is -0.134. The average molecular weight is 220 g/mol. The van der Waals surface area contributed by atoms with Crippen LogP contribution in [-0.4, -0.2) is 22.0 Å². The van der Waals surface area contributed by atoms with E-state index < -0.39 is 11.9 Å². The molecule has 0 aliphatic heterocycles. The minimum absolute atomic E-state index is 0.425. The topological polar surface area (TPSA) is 96.2 Å². The zero-order chi connectivity index (χ0) is 12.1. The monoisotopic (exact) mass is 220 g/mol. The first-order chi connectivity index (χ1) is 7.50. The predicted octanol–water partition coefficient (Wildman–Crippen LogP) is 1.36. The van der Waals surface area contributed by atoms with Gasteiger partial charge in [0.2, 0.25) is 0 Å². The Kier molecular flexibility index (Phi) is 3.66. The highest BCUT2D eigenvalue weighted by atomic mass is 16.4. The van der Waals surface area contributed by atoms with E-state index in [-0.39, 0.29) is 0 Å². The lowest BCUT2D eigenvalue weighted by Crippen LogP contribution is -2.10. The number of carboxylic acid groups (broad SMARTS) is 1. The average Bonchev–Trinajstić information content (AvgIpc) is 2.59. The van der Waals surface area contributed by atoms with Gasteiger partial charge in [-0.05, 0) is 12.1 Å². The number of primary amides is 1. The first-order valence-electron chi connectivity index (χ1n) is 4.58. The molecule has 0 aliphatic rings. The van der Waals surface area contributed by atoms with Gasteiger partial charge in [0, 0.05) is 17.8 Å². The molecule has 0 saturated heterocycles. The van der Waals surface area contributed by atoms with Crippen LogP contribution >= 0.6 is 0 Å². The molecule has 1 aromatic carbocycles. The molecule has 0 bridgehead atoms. The van der Waals surface area contributed by atoms with Crippen molar-refractivity contribution in [2.24, 2.45) is 5.73 Å². The van der Waals surface area contributed by atoms with Crippen LogP contribution in [0.25, 0.3) is 10.9 Å². The predicted molar refractivity (Wildman–Crippen MR) is 60.1 cm³/mol. The highest BCUT2D eigenvalue weighted by molar-refractivity contribution is 5.96. The van der Waals surface area contributed by atoms with Gasteiger partial charge < -0.3 is 15.8 Å². The lowest BCUT2D eigenvalue weighted by Gasteiger charge is -1.85. The van der Waals surface area contributed by atoms with Crippen molar-refractivity contribution in [2.75, 3.05) is 0 Å². The van der Waals surface area contributed by atoms with E-state index in [2.05, 4.69) is 4.98 Å². The van der Waals surface area contributed by atoms with Crippen molar-refractivity contribution in [1.82, 2.24) is 4.98 Å². The second kappa shape index (κ2) is 4.97. The number of nitrogens with one attached hydrogen (secondary N) is 1. The minimum atomic E-state index is -0.833. The molecule has 2 rings (SSSR count). The summed E-state index contributed by atoms with van der Waals surface area (Å²) in [6.45, 7) is 1.08. The van der Waals surface area contributed by atoms with Gasteiger partial charge in [0.1, 0.15) is 5.69 Å². The van der Waals surface area contributed by atoms with Gasteiger partial charge in [0.25, 0.3) is 11.9 Å². The van der Waals surface area contributed by atoms with Gasteiger partial charge in [0.05, 0.1) is 0 Å². The Labute approximate surface area is 91.9 Å². The summed E-state index contributed by atoms with van der Waals surface area (Å²) in [5.74, 6) is -1.26. The van der Waals surface area contributed by atoms with Gasteiger partial charge in [-0.1, -0.05) is 18.2 Å². The molecule has 84 valence electrons. The second-order valence-electron chi connectivity index (χ2n) is 3.15. The standard InChI is InChI=1S/C9H8N2O.C2H4O2/c10-9(12)8-5-6-3-1-2-4-7(6)11-8;1-2(3)4/h1-5,11H,(H2,10,12);1H3,(H,3,4). The molecule has 0 aliphatic carbocycles. The van der Waals surface area contributed by atoms with E-state index in [1.54, 1.807) is 6.07 Å². The third-order valence-electron chi connectivity index (χ3n) is 1.80. The van der Waals surface area contributed by atoms with Crippen molar-refractivity contribution in [3.05, 3.63) is 36.0 Å². The molecular weight excluding hydrogens is 208 g/mol. The van der Waals surface area contributed by atoms with Crippen molar-refractivity contribution >= 4 is 22.8 Å². The van der Waals surface area contributed by atoms with Crippen LogP contribution in [0.15, 0.2) is 30.3 Å². The number of carbonyl (C=O) groups is 2. The molecule has 5 nitrogen and oxygen atoms in total. The molecule has 16 heavy (non-hydrogen) atoms. The van der Waals surface area contributed by atoms with Crippen molar-refractivity contribution < 1.29 is 14.7 Å². The number of rotatable bonds is 1. The minimum Gasteiger partial charge on any atom is -0.481 e. The number of nitrogens with two attached hydrogens (primary N) is 1. The van der Waals surface area contributed by atoms with Crippen LogP contribution in [0, 0.1) is 0 Å². The quantitative estimate of drug-likeness (QED) is 0.676. The molecule has 1 amide bonds. The number of fused-ring (bicyclic) bond motifs is 1. The van der Waals surface area contributed by atoms with Gasteiger partial charge in [-0.3, -0.25) is 9.59 Å². The summed E-state index contributed by atoms with van der Waals surface area (Å²) in [6, 6.07) is 9.41. The molecule has 0 radical (unpaired) electrons. The van der Waals surface area contributed by atoms with Crippen molar-refractivity contribution in [1.29, 1.82) is 0 Å². The molecule has 0 saturated carbocycles. The fourth-order valence-corrected chi connectivity index (χ4v) is 1.21. The molecule has 0 atom stereocenters. The fraction of sp³-hybridized carbons (Fsp3) is 0.0909. The van der Waals surface area contributed by atoms with Crippen molar-refractivity contribution in [2.45, 2.75) is 6.92 Å². The van der Waals surface area contributed by atoms with E-state index >= 15 is 0 Å². The third kappa shape index (κ3) is 3.13. The van der Waals surface area contributed by atoms with E-state index in [1.807, 2.05) is 24.3 Å². The van der Waals surface area contributed by atoms with E-state index in [0.29, 0.717) is 5.69 Å². The van der Waals surface area contributed by atoms with Crippen LogP contribution in [0.4, 0.5) is 0 Å². The van der Waals surface area contributed by atoms with E-state index in [4.69, 9.17) is 15.6 Å². The molecular formula is C11H12N2O3. The van der Waals surface area contributed by atoms with Crippen molar-refractivity contribution in [3.63, 3.8) is 0 Å². The number of aromatic nitrogens is 1. The zero-order valence-corrected chi connectivity index (χ0v) is 8.73. The van der Waals surface area contributed by atoms with Gasteiger partial charge in [0.15, 0.2) is 0 Å². The highest BCUT2D eigenvalue weighted by Gasteiger charge is 2.03. The molecule has 0 unspecified atom stereocenters. The molecule has 1 aromatic heterocycles. The van der Waals surface area contributed by atoms with Gasteiger partial charge in [-0.25, -0.2) is 0 Å². The Morgan fingerprint density at radius 2 is 1.88 bits per heavy atom. The second-order valence-corrected chi connectivity index (χ2v) is 3.15. The summed E-state index contributed by atoms with van der Waals surface area (Å²) in [4.78, 5) is 22.7. The summed E-state index contributed by atoms with van der Waals surface area (Å²) in [5, 5.41) is 8.42. The van der Waals surface area contributed by atoms with Crippen LogP contribution in [0.1, 0.15) is 17.4 Å². The number of amides is 1. The Morgan fingerprint density at radius 1 is 1.31 bits per heavy atom. The number of carbonyl (C=O) groups excluding carboxylic acids is 1. The van der Waals surface area contributed by atoms with E-state index in [9.17, 15) is 4.79 Å². The highest BCUT2D eigenvalue weighted by Crippen LogP contribution is 2.13. The Bertz CT molecular complexity index is 480. The first kappa shape index (κ1) is 11.8. The first-order valence-corrected chi connectivity index (χ1v) is 4.58. The largest absolute Gasteiger partial charge is 0.481 e. The molecule has 5 heteroatoms. The van der Waals surface area contributed by atoms with Gasteiger partial charge in [-0.2, -0.15) is 0 Å². The number of aromatic amines is 1. The maximum absolute atomic E-state index is 10.8. The Morgan fingerprint density at radius 3 is 2.38 bits per heavy atom. The molecule has 0 spiro atoms. The summed E-state index contributed by atoms with van der Waals surface area (Å²) < 4.78 is 0. The van der Waals surface area contributed by atoms with Crippen LogP contribution in [-0.2, 0) is 4.79 Å². The Balaban J connectivity index is 0.000000280. The molecule has 0 fully saturated rings. The summed E-state index contributed by atoms with van der Waals surface area (Å²) in [5.41, 5.74) is 6.50. The van der Waals surface area contributed by atoms with E-state index in [1.165, 1.54) is 0 Å². The molecule has 4 N–H and O–H groups in total. The number of benzene rings is 1. The normalized spacial score (nSPS) is 9.31. The van der Waals surface area contributed by atoms with E-state index in [0.717, 1.165) is 17.8 Å². The number of H-pyrrole nitrogens is 1. The number of aliphatic carboxylic acids is 1. The number of hydrogen-bond acceptors (Lipinski definition) is 2. The van der Waals surface area contributed by atoms with Crippen LogP contribution < -0.4 is 5.73 Å². The Hall–Kier alpha value is -2.30. The van der Waals surface area contributed by atoms with Gasteiger partial charge >= 0.3 is 0 Å². The maximum Gasteiger partial charge on any atom is 0.300 e. The lowest BCUT2D eigenvalue weighted by atomic mass is 10.2.